The number of unbranched alkanes of at least 4 members (excludes halogenated alkanes) is 1. The van der Waals surface area contributed by atoms with Gasteiger partial charge in [-0.2, -0.15) is 0 Å². The van der Waals surface area contributed by atoms with E-state index in [1.54, 1.807) is 6.07 Å². The number of aromatic nitrogens is 1. The molecule has 0 radical (unpaired) electrons. The molecule has 0 spiro atoms. The molecule has 1 unspecified atom stereocenters. The molecular weight excluding hydrogens is 182 g/mol. The maximum Gasteiger partial charge on any atom is 0.242 e. The molecule has 0 aromatic carbocycles. The first-order valence-electron chi connectivity index (χ1n) is 4.71. The summed E-state index contributed by atoms with van der Waals surface area (Å²) in [5, 5.41) is 6.12. The monoisotopic (exact) mass is 197 g/mol. The minimum Gasteiger partial charge on any atom is -0.363 e. The Labute approximate surface area is 82.6 Å². The summed E-state index contributed by atoms with van der Waals surface area (Å²) in [5.74, 6) is 0.189. The highest BCUT2D eigenvalue weighted by Gasteiger charge is 2.13. The van der Waals surface area contributed by atoms with Gasteiger partial charge in [-0.05, 0) is 6.42 Å². The Morgan fingerprint density at radius 2 is 2.57 bits per heavy atom. The van der Waals surface area contributed by atoms with Crippen molar-refractivity contribution in [2.75, 3.05) is 5.32 Å². The molecule has 0 aliphatic heterocycles. The fourth-order valence-electron chi connectivity index (χ4n) is 1.05. The maximum absolute atomic E-state index is 11.4. The van der Waals surface area contributed by atoms with Crippen LogP contribution in [0.15, 0.2) is 16.9 Å². The second kappa shape index (κ2) is 5.39. The van der Waals surface area contributed by atoms with Gasteiger partial charge in [0.2, 0.25) is 5.91 Å². The summed E-state index contributed by atoms with van der Waals surface area (Å²) in [6.07, 6.45) is 4.08. The Balaban J connectivity index is 2.34. The molecule has 1 heterocycles. The molecule has 1 atom stereocenters. The predicted molar refractivity (Wildman–Crippen MR) is 52.6 cm³/mol. The largest absolute Gasteiger partial charge is 0.363 e. The fraction of sp³-hybridized carbons (Fsp3) is 0.556. The molecule has 0 aliphatic rings. The Morgan fingerprint density at radius 1 is 1.79 bits per heavy atom. The topological polar surface area (TPSA) is 81.2 Å². The lowest BCUT2D eigenvalue weighted by molar-refractivity contribution is -0.117. The van der Waals surface area contributed by atoms with Crippen LogP contribution >= 0.6 is 0 Å². The van der Waals surface area contributed by atoms with Crippen LogP contribution in [-0.4, -0.2) is 17.1 Å². The smallest absolute Gasteiger partial charge is 0.242 e. The van der Waals surface area contributed by atoms with Crippen LogP contribution in [0.5, 0.6) is 0 Å². The molecular formula is C9H15N3O2. The van der Waals surface area contributed by atoms with E-state index in [9.17, 15) is 4.79 Å². The highest BCUT2D eigenvalue weighted by molar-refractivity contribution is 5.93. The molecule has 1 aromatic rings. The number of hydrogen-bond donors (Lipinski definition) is 2. The highest BCUT2D eigenvalue weighted by atomic mass is 16.5. The van der Waals surface area contributed by atoms with E-state index in [1.807, 2.05) is 0 Å². The van der Waals surface area contributed by atoms with Gasteiger partial charge in [0.1, 0.15) is 6.26 Å². The number of nitrogens with one attached hydrogen (secondary N) is 1. The van der Waals surface area contributed by atoms with Crippen LogP contribution in [0.3, 0.4) is 0 Å². The molecule has 78 valence electrons. The van der Waals surface area contributed by atoms with Gasteiger partial charge in [0, 0.05) is 6.07 Å². The van der Waals surface area contributed by atoms with Crippen molar-refractivity contribution in [2.45, 2.75) is 32.2 Å². The van der Waals surface area contributed by atoms with Gasteiger partial charge in [-0.15, -0.1) is 0 Å². The van der Waals surface area contributed by atoms with Crippen LogP contribution in [0, 0.1) is 0 Å². The molecule has 1 aromatic heterocycles. The van der Waals surface area contributed by atoms with Crippen molar-refractivity contribution in [3.8, 4) is 0 Å². The lowest BCUT2D eigenvalue weighted by atomic mass is 10.1. The van der Waals surface area contributed by atoms with Crippen molar-refractivity contribution >= 4 is 11.7 Å². The first kappa shape index (κ1) is 10.7. The summed E-state index contributed by atoms with van der Waals surface area (Å²) in [7, 11) is 0. The van der Waals surface area contributed by atoms with E-state index in [0.717, 1.165) is 12.8 Å². The number of anilines is 1. The van der Waals surface area contributed by atoms with E-state index >= 15 is 0 Å². The summed E-state index contributed by atoms with van der Waals surface area (Å²) in [6.45, 7) is 2.06. The second-order valence-corrected chi connectivity index (χ2v) is 3.12. The minimum atomic E-state index is -0.466. The van der Waals surface area contributed by atoms with Crippen molar-refractivity contribution in [3.05, 3.63) is 12.3 Å². The Hall–Kier alpha value is -1.36. The zero-order chi connectivity index (χ0) is 10.4. The minimum absolute atomic E-state index is 0.215. The zero-order valence-electron chi connectivity index (χ0n) is 8.19. The van der Waals surface area contributed by atoms with E-state index < -0.39 is 6.04 Å². The summed E-state index contributed by atoms with van der Waals surface area (Å²) in [5.41, 5.74) is 5.65. The Bertz CT molecular complexity index is 272. The van der Waals surface area contributed by atoms with Gasteiger partial charge in [-0.25, -0.2) is 0 Å². The number of nitrogens with zero attached hydrogens (tertiary/aromatic N) is 1. The summed E-state index contributed by atoms with van der Waals surface area (Å²) >= 11 is 0. The first-order valence-corrected chi connectivity index (χ1v) is 4.71. The van der Waals surface area contributed by atoms with Crippen molar-refractivity contribution in [3.63, 3.8) is 0 Å². The molecule has 5 heteroatoms. The summed E-state index contributed by atoms with van der Waals surface area (Å²) in [4.78, 5) is 11.4. The van der Waals surface area contributed by atoms with Gasteiger partial charge < -0.3 is 15.6 Å². The van der Waals surface area contributed by atoms with Gasteiger partial charge in [-0.3, -0.25) is 4.79 Å². The predicted octanol–water partition coefficient (Wildman–Crippen LogP) is 1.13. The van der Waals surface area contributed by atoms with Crippen LogP contribution in [0.1, 0.15) is 26.2 Å². The van der Waals surface area contributed by atoms with Crippen LogP contribution in [-0.2, 0) is 4.79 Å². The van der Waals surface area contributed by atoms with E-state index in [0.29, 0.717) is 12.2 Å². The Kier molecular flexibility index (Phi) is 4.12. The average Bonchev–Trinajstić information content (AvgIpc) is 2.66. The molecule has 14 heavy (non-hydrogen) atoms. The third-order valence-corrected chi connectivity index (χ3v) is 1.89. The van der Waals surface area contributed by atoms with E-state index in [2.05, 4.69) is 21.9 Å². The molecule has 3 N–H and O–H groups in total. The molecule has 1 rings (SSSR count). The molecule has 0 aliphatic carbocycles. The van der Waals surface area contributed by atoms with Crippen LogP contribution in [0.4, 0.5) is 5.82 Å². The normalized spacial score (nSPS) is 12.4. The number of carbonyl (C=O) groups is 1. The van der Waals surface area contributed by atoms with Gasteiger partial charge in [0.05, 0.1) is 6.04 Å². The lowest BCUT2D eigenvalue weighted by Gasteiger charge is -2.09. The third-order valence-electron chi connectivity index (χ3n) is 1.89. The first-order chi connectivity index (χ1) is 6.74. The Morgan fingerprint density at radius 3 is 3.14 bits per heavy atom. The molecule has 0 saturated heterocycles. The van der Waals surface area contributed by atoms with Crippen molar-refractivity contribution in [2.24, 2.45) is 5.73 Å². The highest BCUT2D eigenvalue weighted by Crippen LogP contribution is 2.04. The molecule has 0 bridgehead atoms. The van der Waals surface area contributed by atoms with Crippen molar-refractivity contribution < 1.29 is 9.32 Å². The fourth-order valence-corrected chi connectivity index (χ4v) is 1.05. The SMILES string of the molecule is CCCCC(N)C(=O)Nc1ccon1. The van der Waals surface area contributed by atoms with Gasteiger partial charge >= 0.3 is 0 Å². The maximum atomic E-state index is 11.4. The van der Waals surface area contributed by atoms with Crippen LogP contribution in [0.25, 0.3) is 0 Å². The van der Waals surface area contributed by atoms with Crippen molar-refractivity contribution in [1.29, 1.82) is 0 Å². The van der Waals surface area contributed by atoms with Gasteiger partial charge in [-0.1, -0.05) is 24.9 Å². The summed E-state index contributed by atoms with van der Waals surface area (Å²) in [6, 6.07) is 1.11. The third kappa shape index (κ3) is 3.18. The number of amides is 1. The number of nitrogens with two attached hydrogens (primary N) is 1. The quantitative estimate of drug-likeness (QED) is 0.741. The van der Waals surface area contributed by atoms with Gasteiger partial charge in [0.25, 0.3) is 0 Å². The van der Waals surface area contributed by atoms with Crippen LogP contribution < -0.4 is 11.1 Å². The number of carbonyl (C=O) groups excluding carboxylic acids is 1. The average molecular weight is 197 g/mol. The van der Waals surface area contributed by atoms with Crippen molar-refractivity contribution in [1.82, 2.24) is 5.16 Å². The molecule has 5 nitrogen and oxygen atoms in total. The van der Waals surface area contributed by atoms with Gasteiger partial charge in [0.15, 0.2) is 5.82 Å². The zero-order valence-corrected chi connectivity index (χ0v) is 8.19. The standard InChI is InChI=1S/C9H15N3O2/c1-2-3-4-7(10)9(13)11-8-5-6-14-12-8/h5-7H,2-4,10H2,1H3,(H,11,12,13). The summed E-state index contributed by atoms with van der Waals surface area (Å²) < 4.78 is 4.57. The molecule has 0 saturated carbocycles. The van der Waals surface area contributed by atoms with E-state index in [4.69, 9.17) is 5.73 Å². The second-order valence-electron chi connectivity index (χ2n) is 3.12. The van der Waals surface area contributed by atoms with E-state index in [1.165, 1.54) is 6.26 Å². The number of rotatable bonds is 5. The molecule has 0 fully saturated rings. The van der Waals surface area contributed by atoms with E-state index in [-0.39, 0.29) is 5.91 Å². The molecule has 1 amide bonds. The van der Waals surface area contributed by atoms with Crippen LogP contribution in [0.2, 0.25) is 0 Å². The number of hydrogen-bond acceptors (Lipinski definition) is 4. The lowest BCUT2D eigenvalue weighted by Crippen LogP contribution is -2.35.